The second kappa shape index (κ2) is 11.7. The van der Waals surface area contributed by atoms with Crippen LogP contribution < -0.4 is 19.5 Å². The van der Waals surface area contributed by atoms with Gasteiger partial charge in [0.25, 0.3) is 11.8 Å². The quantitative estimate of drug-likeness (QED) is 0.298. The standard InChI is InChI=1S/C35H34N2O6/c1-21-6-4-7-27(22(21)2)35(40)37-16-14-23-18-25-9-11-28(23)33(37)24-8-13-31(41-3)32(19-24)42-17-5-15-36-34(39)29-20-26(43-25)10-12-30(29)38/h4,6-13,18-20,33,38H,5,14-17H2,1-3H3,(H,36,39). The molecule has 2 amide bonds. The van der Waals surface area contributed by atoms with E-state index in [1.54, 1.807) is 13.2 Å². The summed E-state index contributed by atoms with van der Waals surface area (Å²) in [6.07, 6.45) is 1.17. The first-order chi connectivity index (χ1) is 20.8. The molecule has 1 unspecified atom stereocenters. The van der Waals surface area contributed by atoms with Gasteiger partial charge in [-0.15, -0.1) is 0 Å². The van der Waals surface area contributed by atoms with Crippen LogP contribution in [0.2, 0.25) is 0 Å². The molecule has 3 aliphatic heterocycles. The third kappa shape index (κ3) is 5.48. The molecule has 2 N–H and O–H groups in total. The molecule has 8 nitrogen and oxygen atoms in total. The zero-order valence-electron chi connectivity index (χ0n) is 24.5. The SMILES string of the molecule is COc1ccc2cc1OCCCNC(=O)c1cc(ccc1O)Oc1ccc3c(c1)CCN(C(=O)c1cccc(C)c1C)C23. The van der Waals surface area contributed by atoms with E-state index in [0.29, 0.717) is 61.1 Å². The number of ether oxygens (including phenoxy) is 3. The van der Waals surface area contributed by atoms with Gasteiger partial charge in [-0.25, -0.2) is 0 Å². The van der Waals surface area contributed by atoms with Crippen LogP contribution in [-0.4, -0.2) is 48.6 Å². The van der Waals surface area contributed by atoms with Crippen LogP contribution in [-0.2, 0) is 6.42 Å². The smallest absolute Gasteiger partial charge is 0.255 e. The van der Waals surface area contributed by atoms with Crippen molar-refractivity contribution in [2.24, 2.45) is 0 Å². The molecule has 8 heteroatoms. The summed E-state index contributed by atoms with van der Waals surface area (Å²) in [7, 11) is 1.59. The van der Waals surface area contributed by atoms with Gasteiger partial charge in [0.2, 0.25) is 0 Å². The fraction of sp³-hybridized carbons (Fsp3) is 0.257. The molecule has 0 aliphatic carbocycles. The molecule has 3 heterocycles. The summed E-state index contributed by atoms with van der Waals surface area (Å²) in [4.78, 5) is 28.9. The molecule has 1 atom stereocenters. The molecule has 8 bridgehead atoms. The number of nitrogens with one attached hydrogen (secondary N) is 1. The van der Waals surface area contributed by atoms with E-state index in [1.807, 2.05) is 73.3 Å². The van der Waals surface area contributed by atoms with Crippen molar-refractivity contribution in [3.63, 3.8) is 0 Å². The lowest BCUT2D eigenvalue weighted by molar-refractivity contribution is 0.0693. The molecule has 0 radical (unpaired) electrons. The number of aryl methyl sites for hydroxylation is 1. The lowest BCUT2D eigenvalue weighted by Gasteiger charge is -2.38. The van der Waals surface area contributed by atoms with E-state index in [0.717, 1.165) is 27.8 Å². The van der Waals surface area contributed by atoms with Crippen molar-refractivity contribution in [1.29, 1.82) is 0 Å². The summed E-state index contributed by atoms with van der Waals surface area (Å²) in [5.41, 5.74) is 5.83. The van der Waals surface area contributed by atoms with Gasteiger partial charge in [-0.3, -0.25) is 9.59 Å². The Labute approximate surface area is 250 Å². The van der Waals surface area contributed by atoms with Crippen LogP contribution in [0.15, 0.2) is 72.8 Å². The van der Waals surface area contributed by atoms with Crippen LogP contribution in [0, 0.1) is 13.8 Å². The molecular weight excluding hydrogens is 544 g/mol. The molecule has 0 saturated carbocycles. The van der Waals surface area contributed by atoms with Crippen LogP contribution in [0.4, 0.5) is 0 Å². The highest BCUT2D eigenvalue weighted by Crippen LogP contribution is 2.41. The largest absolute Gasteiger partial charge is 0.507 e. The number of nitrogens with zero attached hydrogens (tertiary/aromatic N) is 1. The predicted octanol–water partition coefficient (Wildman–Crippen LogP) is 6.11. The van der Waals surface area contributed by atoms with Crippen LogP contribution in [0.1, 0.15) is 61.0 Å². The van der Waals surface area contributed by atoms with Gasteiger partial charge >= 0.3 is 0 Å². The summed E-state index contributed by atoms with van der Waals surface area (Å²) in [5.74, 6) is 1.63. The monoisotopic (exact) mass is 578 g/mol. The fourth-order valence-corrected chi connectivity index (χ4v) is 5.81. The molecule has 0 saturated heterocycles. The van der Waals surface area contributed by atoms with Gasteiger partial charge in [0, 0.05) is 18.7 Å². The maximum Gasteiger partial charge on any atom is 0.255 e. The van der Waals surface area contributed by atoms with Crippen LogP contribution in [0.3, 0.4) is 0 Å². The number of hydrogen-bond donors (Lipinski definition) is 2. The molecule has 43 heavy (non-hydrogen) atoms. The minimum absolute atomic E-state index is 0.0232. The first kappa shape index (κ1) is 28.2. The zero-order valence-corrected chi connectivity index (χ0v) is 24.5. The summed E-state index contributed by atoms with van der Waals surface area (Å²) < 4.78 is 17.9. The van der Waals surface area contributed by atoms with E-state index in [9.17, 15) is 14.7 Å². The van der Waals surface area contributed by atoms with Gasteiger partial charge in [-0.1, -0.05) is 24.3 Å². The Bertz CT molecular complexity index is 1720. The van der Waals surface area contributed by atoms with Crippen LogP contribution in [0.25, 0.3) is 0 Å². The minimum Gasteiger partial charge on any atom is -0.507 e. The summed E-state index contributed by atoms with van der Waals surface area (Å²) in [5, 5.41) is 13.2. The second-order valence-electron chi connectivity index (χ2n) is 10.9. The summed E-state index contributed by atoms with van der Waals surface area (Å²) >= 11 is 0. The maximum atomic E-state index is 14.2. The third-order valence-electron chi connectivity index (χ3n) is 8.25. The van der Waals surface area contributed by atoms with Crippen molar-refractivity contribution < 1.29 is 28.9 Å². The Morgan fingerprint density at radius 2 is 1.84 bits per heavy atom. The van der Waals surface area contributed by atoms with Gasteiger partial charge in [-0.05, 0) is 103 Å². The zero-order chi connectivity index (χ0) is 30.1. The summed E-state index contributed by atoms with van der Waals surface area (Å²) in [6, 6.07) is 21.7. The number of rotatable bonds is 2. The highest BCUT2D eigenvalue weighted by atomic mass is 16.5. The van der Waals surface area contributed by atoms with E-state index >= 15 is 0 Å². The number of benzene rings is 4. The fourth-order valence-electron chi connectivity index (χ4n) is 5.81. The van der Waals surface area contributed by atoms with Crippen LogP contribution in [0.5, 0.6) is 28.7 Å². The van der Waals surface area contributed by atoms with Gasteiger partial charge in [0.05, 0.1) is 25.3 Å². The van der Waals surface area contributed by atoms with Gasteiger partial charge in [0.15, 0.2) is 11.5 Å². The molecule has 3 aliphatic rings. The Kier molecular flexibility index (Phi) is 7.67. The van der Waals surface area contributed by atoms with Crippen molar-refractivity contribution in [2.75, 3.05) is 26.8 Å². The predicted molar refractivity (Wildman–Crippen MR) is 163 cm³/mol. The molecule has 0 aromatic heterocycles. The van der Waals surface area contributed by atoms with E-state index in [1.165, 1.54) is 12.1 Å². The molecule has 7 rings (SSSR count). The van der Waals surface area contributed by atoms with Crippen molar-refractivity contribution in [3.05, 3.63) is 112 Å². The van der Waals surface area contributed by atoms with Gasteiger partial charge in [0.1, 0.15) is 17.2 Å². The highest BCUT2D eigenvalue weighted by molar-refractivity contribution is 5.97. The number of carbonyl (C=O) groups excluding carboxylic acids is 2. The van der Waals surface area contributed by atoms with Crippen LogP contribution >= 0.6 is 0 Å². The van der Waals surface area contributed by atoms with E-state index in [-0.39, 0.29) is 23.3 Å². The Hall–Kier alpha value is -4.98. The molecule has 220 valence electrons. The number of amides is 2. The van der Waals surface area contributed by atoms with Gasteiger partial charge < -0.3 is 29.5 Å². The third-order valence-corrected chi connectivity index (χ3v) is 8.25. The van der Waals surface area contributed by atoms with E-state index in [4.69, 9.17) is 14.2 Å². The lowest BCUT2D eigenvalue weighted by atomic mass is 9.87. The number of phenolic OH excluding ortho intramolecular Hbond substituents is 1. The number of fused-ring (bicyclic) bond motifs is 6. The molecule has 4 aromatic carbocycles. The molecule has 0 fully saturated rings. The summed E-state index contributed by atoms with van der Waals surface area (Å²) in [6.45, 7) is 5.19. The topological polar surface area (TPSA) is 97.3 Å². The maximum absolute atomic E-state index is 14.2. The first-order valence-electron chi connectivity index (χ1n) is 14.4. The average molecular weight is 579 g/mol. The lowest BCUT2D eigenvalue weighted by Crippen LogP contribution is -2.41. The van der Waals surface area contributed by atoms with Gasteiger partial charge in [-0.2, -0.15) is 0 Å². The van der Waals surface area contributed by atoms with Crippen molar-refractivity contribution >= 4 is 11.8 Å². The Morgan fingerprint density at radius 3 is 2.67 bits per heavy atom. The second-order valence-corrected chi connectivity index (χ2v) is 10.9. The van der Waals surface area contributed by atoms with Crippen molar-refractivity contribution in [2.45, 2.75) is 32.7 Å². The number of hydrogen-bond acceptors (Lipinski definition) is 6. The van der Waals surface area contributed by atoms with Crippen molar-refractivity contribution in [1.82, 2.24) is 10.2 Å². The Morgan fingerprint density at radius 1 is 1.02 bits per heavy atom. The normalized spacial score (nSPS) is 16.3. The highest BCUT2D eigenvalue weighted by Gasteiger charge is 2.34. The molecule has 0 spiro atoms. The molecule has 4 aromatic rings. The van der Waals surface area contributed by atoms with Crippen molar-refractivity contribution in [3.8, 4) is 28.7 Å². The number of carbonyl (C=O) groups is 2. The minimum atomic E-state index is -0.398. The first-order valence-corrected chi connectivity index (χ1v) is 14.4. The molecular formula is C35H34N2O6. The number of phenols is 1. The number of methoxy groups -OCH3 is 1. The Balaban J connectivity index is 1.47. The average Bonchev–Trinajstić information content (AvgIpc) is 3.01. The van der Waals surface area contributed by atoms with E-state index < -0.39 is 5.91 Å². The van der Waals surface area contributed by atoms with E-state index in [2.05, 4.69) is 5.32 Å². The number of aromatic hydroxyl groups is 1.